The van der Waals surface area contributed by atoms with E-state index in [0.29, 0.717) is 18.5 Å². The summed E-state index contributed by atoms with van der Waals surface area (Å²) in [6.45, 7) is 8.35. The Morgan fingerprint density at radius 1 is 1.20 bits per heavy atom. The summed E-state index contributed by atoms with van der Waals surface area (Å²) >= 11 is 0. The van der Waals surface area contributed by atoms with E-state index in [1.165, 1.54) is 0 Å². The van der Waals surface area contributed by atoms with E-state index in [2.05, 4.69) is 33.5 Å². The molecule has 0 radical (unpaired) electrons. The number of aryl methyl sites for hydroxylation is 2. The smallest absolute Gasteiger partial charge is 0.318 e. The van der Waals surface area contributed by atoms with E-state index in [1.807, 2.05) is 56.5 Å². The standard InChI is InChI=1S/C18H24N6O/c1-12-9-13(2)24(22-12)15-8-6-7-14(10-15)11-23(5)17-21-20-16(25-17)18(3,4)19/h6-10H,11,19H2,1-5H3. The van der Waals surface area contributed by atoms with Crippen LogP contribution in [0.15, 0.2) is 34.7 Å². The van der Waals surface area contributed by atoms with Crippen LogP contribution in [0.4, 0.5) is 6.01 Å². The predicted octanol–water partition coefficient (Wildman–Crippen LogP) is 2.70. The highest BCUT2D eigenvalue weighted by Crippen LogP contribution is 2.21. The van der Waals surface area contributed by atoms with Gasteiger partial charge in [0.2, 0.25) is 5.89 Å². The zero-order chi connectivity index (χ0) is 18.2. The van der Waals surface area contributed by atoms with Crippen LogP contribution in [0.2, 0.25) is 0 Å². The second-order valence-corrected chi connectivity index (χ2v) is 6.98. The lowest BCUT2D eigenvalue weighted by molar-refractivity contribution is 0.379. The third-order valence-corrected chi connectivity index (χ3v) is 3.88. The number of aromatic nitrogens is 4. The van der Waals surface area contributed by atoms with Gasteiger partial charge in [-0.1, -0.05) is 17.2 Å². The highest BCUT2D eigenvalue weighted by molar-refractivity contribution is 5.39. The Hall–Kier alpha value is -2.67. The van der Waals surface area contributed by atoms with Crippen LogP contribution in [-0.4, -0.2) is 27.0 Å². The first kappa shape index (κ1) is 17.2. The molecule has 2 N–H and O–H groups in total. The van der Waals surface area contributed by atoms with Crippen molar-refractivity contribution in [2.45, 2.75) is 39.8 Å². The number of nitrogens with two attached hydrogens (primary N) is 1. The molecule has 0 bridgehead atoms. The maximum Gasteiger partial charge on any atom is 0.318 e. The fourth-order valence-corrected chi connectivity index (χ4v) is 2.65. The number of hydrogen-bond donors (Lipinski definition) is 1. The summed E-state index contributed by atoms with van der Waals surface area (Å²) in [7, 11) is 1.91. The summed E-state index contributed by atoms with van der Waals surface area (Å²) < 4.78 is 7.63. The minimum absolute atomic E-state index is 0.422. The van der Waals surface area contributed by atoms with Gasteiger partial charge >= 0.3 is 6.01 Å². The molecule has 2 heterocycles. The van der Waals surface area contributed by atoms with E-state index < -0.39 is 5.54 Å². The zero-order valence-electron chi connectivity index (χ0n) is 15.3. The van der Waals surface area contributed by atoms with Crippen LogP contribution in [0.5, 0.6) is 0 Å². The van der Waals surface area contributed by atoms with E-state index in [9.17, 15) is 0 Å². The molecule has 0 aliphatic carbocycles. The fraction of sp³-hybridized carbons (Fsp3) is 0.389. The lowest BCUT2D eigenvalue weighted by atomic mass is 10.1. The largest absolute Gasteiger partial charge is 0.406 e. The molecule has 0 unspecified atom stereocenters. The van der Waals surface area contributed by atoms with E-state index in [1.54, 1.807) is 0 Å². The Kier molecular flexibility index (Phi) is 4.34. The normalized spacial score (nSPS) is 11.8. The molecule has 7 heteroatoms. The van der Waals surface area contributed by atoms with Gasteiger partial charge in [0.15, 0.2) is 0 Å². The number of rotatable bonds is 5. The topological polar surface area (TPSA) is 86.0 Å². The molecule has 0 atom stereocenters. The van der Waals surface area contributed by atoms with Gasteiger partial charge in [-0.25, -0.2) is 4.68 Å². The Bertz CT molecular complexity index is 874. The average molecular weight is 340 g/mol. The van der Waals surface area contributed by atoms with Crippen molar-refractivity contribution in [3.63, 3.8) is 0 Å². The molecule has 0 saturated carbocycles. The number of benzene rings is 1. The minimum atomic E-state index is -0.651. The van der Waals surface area contributed by atoms with Crippen LogP contribution in [0.3, 0.4) is 0 Å². The van der Waals surface area contributed by atoms with Gasteiger partial charge in [-0.05, 0) is 51.5 Å². The van der Waals surface area contributed by atoms with Gasteiger partial charge in [-0.15, -0.1) is 5.10 Å². The molecule has 2 aromatic heterocycles. The van der Waals surface area contributed by atoms with E-state index >= 15 is 0 Å². The van der Waals surface area contributed by atoms with Gasteiger partial charge in [0, 0.05) is 19.3 Å². The third-order valence-electron chi connectivity index (χ3n) is 3.88. The SMILES string of the molecule is Cc1cc(C)n(-c2cccc(CN(C)c3nnc(C(C)(C)N)o3)c2)n1. The van der Waals surface area contributed by atoms with Crippen LogP contribution in [-0.2, 0) is 12.1 Å². The van der Waals surface area contributed by atoms with Crippen molar-refractivity contribution < 1.29 is 4.42 Å². The molecule has 0 aliphatic rings. The zero-order valence-corrected chi connectivity index (χ0v) is 15.3. The van der Waals surface area contributed by atoms with Crippen molar-refractivity contribution >= 4 is 6.01 Å². The number of nitrogens with zero attached hydrogens (tertiary/aromatic N) is 5. The highest BCUT2D eigenvalue weighted by Gasteiger charge is 2.23. The van der Waals surface area contributed by atoms with E-state index in [4.69, 9.17) is 10.2 Å². The minimum Gasteiger partial charge on any atom is -0.406 e. The first-order chi connectivity index (χ1) is 11.7. The lowest BCUT2D eigenvalue weighted by Gasteiger charge is -2.16. The Balaban J connectivity index is 1.80. The van der Waals surface area contributed by atoms with Crippen LogP contribution in [0.1, 0.15) is 36.7 Å². The van der Waals surface area contributed by atoms with E-state index in [-0.39, 0.29) is 0 Å². The molecule has 1 aromatic carbocycles. The molecule has 25 heavy (non-hydrogen) atoms. The van der Waals surface area contributed by atoms with Crippen LogP contribution in [0.25, 0.3) is 5.69 Å². The van der Waals surface area contributed by atoms with Gasteiger partial charge in [0.1, 0.15) is 0 Å². The van der Waals surface area contributed by atoms with Gasteiger partial charge in [0.25, 0.3) is 0 Å². The summed E-state index contributed by atoms with van der Waals surface area (Å²) in [5, 5.41) is 12.7. The molecular weight excluding hydrogens is 316 g/mol. The Morgan fingerprint density at radius 3 is 2.56 bits per heavy atom. The monoisotopic (exact) mass is 340 g/mol. The van der Waals surface area contributed by atoms with Crippen molar-refractivity contribution in [1.82, 2.24) is 20.0 Å². The van der Waals surface area contributed by atoms with Crippen LogP contribution in [0, 0.1) is 13.8 Å². The van der Waals surface area contributed by atoms with Crippen molar-refractivity contribution in [1.29, 1.82) is 0 Å². The predicted molar refractivity (Wildman–Crippen MR) is 96.7 cm³/mol. The number of hydrogen-bond acceptors (Lipinski definition) is 6. The third kappa shape index (κ3) is 3.71. The van der Waals surface area contributed by atoms with Gasteiger partial charge in [0.05, 0.1) is 16.9 Å². The molecular formula is C18H24N6O. The maximum atomic E-state index is 6.00. The first-order valence-corrected chi connectivity index (χ1v) is 8.20. The second-order valence-electron chi connectivity index (χ2n) is 6.98. The number of anilines is 1. The maximum absolute atomic E-state index is 6.00. The molecule has 132 valence electrons. The van der Waals surface area contributed by atoms with Crippen molar-refractivity contribution in [3.05, 3.63) is 53.2 Å². The summed E-state index contributed by atoms with van der Waals surface area (Å²) in [6, 6.07) is 10.8. The quantitative estimate of drug-likeness (QED) is 0.768. The van der Waals surface area contributed by atoms with Gasteiger partial charge < -0.3 is 15.1 Å². The van der Waals surface area contributed by atoms with Crippen LogP contribution >= 0.6 is 0 Å². The summed E-state index contributed by atoms with van der Waals surface area (Å²) in [4.78, 5) is 1.91. The molecule has 0 fully saturated rings. The lowest BCUT2D eigenvalue weighted by Crippen LogP contribution is -2.29. The molecule has 3 rings (SSSR count). The Morgan fingerprint density at radius 2 is 1.96 bits per heavy atom. The van der Waals surface area contributed by atoms with Gasteiger partial charge in [-0.2, -0.15) is 5.10 Å². The van der Waals surface area contributed by atoms with E-state index in [0.717, 1.165) is 22.6 Å². The molecule has 0 saturated heterocycles. The Labute approximate surface area is 147 Å². The molecule has 3 aromatic rings. The van der Waals surface area contributed by atoms with Crippen molar-refractivity contribution in [2.75, 3.05) is 11.9 Å². The molecule has 0 spiro atoms. The highest BCUT2D eigenvalue weighted by atomic mass is 16.4. The van der Waals surface area contributed by atoms with Crippen molar-refractivity contribution in [2.24, 2.45) is 5.73 Å². The van der Waals surface area contributed by atoms with Gasteiger partial charge in [-0.3, -0.25) is 0 Å². The van der Waals surface area contributed by atoms with Crippen LogP contribution < -0.4 is 10.6 Å². The molecule has 0 aliphatic heterocycles. The molecule has 0 amide bonds. The molecule has 7 nitrogen and oxygen atoms in total. The fourth-order valence-electron chi connectivity index (χ4n) is 2.65. The average Bonchev–Trinajstić information content (AvgIpc) is 3.14. The summed E-state index contributed by atoms with van der Waals surface area (Å²) in [6.07, 6.45) is 0. The summed E-state index contributed by atoms with van der Waals surface area (Å²) in [5.74, 6) is 0.422. The van der Waals surface area contributed by atoms with Crippen molar-refractivity contribution in [3.8, 4) is 5.69 Å². The summed E-state index contributed by atoms with van der Waals surface area (Å²) in [5.41, 5.74) is 9.61. The second kappa shape index (κ2) is 6.33. The first-order valence-electron chi connectivity index (χ1n) is 8.20.